The molecule has 2 N–H and O–H groups in total. The van der Waals surface area contributed by atoms with E-state index in [1.807, 2.05) is 25.1 Å². The summed E-state index contributed by atoms with van der Waals surface area (Å²) in [5.74, 6) is 1.50. The quantitative estimate of drug-likeness (QED) is 0.769. The van der Waals surface area contributed by atoms with E-state index in [-0.39, 0.29) is 0 Å². The zero-order chi connectivity index (χ0) is 14.8. The molecule has 3 aromatic rings. The minimum absolute atomic E-state index is 0.598. The maximum atomic E-state index is 5.41. The number of aromatic nitrogens is 4. The van der Waals surface area contributed by atoms with Crippen LogP contribution in [-0.4, -0.2) is 27.3 Å². The number of nitrogens with zero attached hydrogens (tertiary/aromatic N) is 3. The van der Waals surface area contributed by atoms with Gasteiger partial charge in [0, 0.05) is 5.69 Å². The molecule has 0 spiro atoms. The van der Waals surface area contributed by atoms with Gasteiger partial charge in [0.1, 0.15) is 17.9 Å². The topological polar surface area (TPSA) is 75.7 Å². The Morgan fingerprint density at radius 3 is 2.81 bits per heavy atom. The van der Waals surface area contributed by atoms with Crippen LogP contribution in [-0.2, 0) is 6.54 Å². The second-order valence-corrected chi connectivity index (χ2v) is 4.85. The van der Waals surface area contributed by atoms with Gasteiger partial charge < -0.3 is 10.1 Å². The number of aryl methyl sites for hydroxylation is 1. The summed E-state index contributed by atoms with van der Waals surface area (Å²) in [6.07, 6.45) is 1.55. The SMILES string of the molecule is COc1cccc2ncnc(NCc3n[nH]c(C)c3C)c12. The van der Waals surface area contributed by atoms with Gasteiger partial charge in [0.05, 0.1) is 30.3 Å². The third-order valence-electron chi connectivity index (χ3n) is 3.62. The Hall–Kier alpha value is -2.63. The van der Waals surface area contributed by atoms with Crippen molar-refractivity contribution in [3.63, 3.8) is 0 Å². The third-order valence-corrected chi connectivity index (χ3v) is 3.62. The second kappa shape index (κ2) is 5.40. The number of rotatable bonds is 4. The van der Waals surface area contributed by atoms with Crippen molar-refractivity contribution >= 4 is 16.7 Å². The average molecular weight is 283 g/mol. The highest BCUT2D eigenvalue weighted by molar-refractivity contribution is 5.94. The molecule has 0 amide bonds. The van der Waals surface area contributed by atoms with Crippen LogP contribution in [0.1, 0.15) is 17.0 Å². The first kappa shape index (κ1) is 13.4. The molecule has 0 unspecified atom stereocenters. The monoisotopic (exact) mass is 283 g/mol. The lowest BCUT2D eigenvalue weighted by molar-refractivity contribution is 0.420. The van der Waals surface area contributed by atoms with Crippen LogP contribution in [0.4, 0.5) is 5.82 Å². The van der Waals surface area contributed by atoms with E-state index < -0.39 is 0 Å². The zero-order valence-corrected chi connectivity index (χ0v) is 12.3. The van der Waals surface area contributed by atoms with Gasteiger partial charge in [0.15, 0.2) is 0 Å². The predicted octanol–water partition coefficient (Wildman–Crippen LogP) is 2.59. The Labute approximate surface area is 122 Å². The second-order valence-electron chi connectivity index (χ2n) is 4.85. The molecule has 1 aromatic carbocycles. The van der Waals surface area contributed by atoms with Gasteiger partial charge in [0.25, 0.3) is 0 Å². The predicted molar refractivity (Wildman–Crippen MR) is 81.5 cm³/mol. The van der Waals surface area contributed by atoms with Gasteiger partial charge >= 0.3 is 0 Å². The van der Waals surface area contributed by atoms with Gasteiger partial charge in [-0.1, -0.05) is 6.07 Å². The summed E-state index contributed by atoms with van der Waals surface area (Å²) < 4.78 is 5.41. The van der Waals surface area contributed by atoms with Crippen LogP contribution >= 0.6 is 0 Å². The van der Waals surface area contributed by atoms with Crippen molar-refractivity contribution in [2.45, 2.75) is 20.4 Å². The van der Waals surface area contributed by atoms with E-state index in [0.717, 1.165) is 39.4 Å². The molecule has 108 valence electrons. The molecule has 21 heavy (non-hydrogen) atoms. The van der Waals surface area contributed by atoms with Crippen LogP contribution in [0.25, 0.3) is 10.9 Å². The van der Waals surface area contributed by atoms with Crippen LogP contribution in [0.5, 0.6) is 5.75 Å². The number of methoxy groups -OCH3 is 1. The molecule has 6 heteroatoms. The number of nitrogens with one attached hydrogen (secondary N) is 2. The van der Waals surface area contributed by atoms with E-state index in [1.54, 1.807) is 13.4 Å². The maximum Gasteiger partial charge on any atom is 0.141 e. The average Bonchev–Trinajstić information content (AvgIpc) is 2.84. The number of hydrogen-bond donors (Lipinski definition) is 2. The van der Waals surface area contributed by atoms with Crippen molar-refractivity contribution in [1.29, 1.82) is 0 Å². The summed E-state index contributed by atoms with van der Waals surface area (Å²) in [6, 6.07) is 5.76. The highest BCUT2D eigenvalue weighted by Crippen LogP contribution is 2.29. The Kier molecular flexibility index (Phi) is 3.43. The molecule has 0 aliphatic heterocycles. The Balaban J connectivity index is 1.95. The highest BCUT2D eigenvalue weighted by atomic mass is 16.5. The molecule has 0 bridgehead atoms. The molecule has 0 aliphatic carbocycles. The Morgan fingerprint density at radius 1 is 1.24 bits per heavy atom. The summed E-state index contributed by atoms with van der Waals surface area (Å²) in [4.78, 5) is 8.60. The smallest absolute Gasteiger partial charge is 0.141 e. The van der Waals surface area contributed by atoms with E-state index in [2.05, 4.69) is 32.4 Å². The Bertz CT molecular complexity index is 776. The number of hydrogen-bond acceptors (Lipinski definition) is 5. The van der Waals surface area contributed by atoms with Gasteiger partial charge in [0.2, 0.25) is 0 Å². The molecular weight excluding hydrogens is 266 g/mol. The standard InChI is InChI=1S/C15H17N5O/c1-9-10(2)19-20-12(9)7-16-15-14-11(17-8-18-15)5-4-6-13(14)21-3/h4-6,8H,7H2,1-3H3,(H,19,20)(H,16,17,18). The Morgan fingerprint density at radius 2 is 2.10 bits per heavy atom. The van der Waals surface area contributed by atoms with E-state index >= 15 is 0 Å². The van der Waals surface area contributed by atoms with Crippen molar-refractivity contribution in [1.82, 2.24) is 20.2 Å². The molecular formula is C15H17N5O. The number of aromatic amines is 1. The van der Waals surface area contributed by atoms with Gasteiger partial charge in [-0.3, -0.25) is 5.10 Å². The number of ether oxygens (including phenoxy) is 1. The van der Waals surface area contributed by atoms with Crippen LogP contribution in [0.15, 0.2) is 24.5 Å². The van der Waals surface area contributed by atoms with Gasteiger partial charge in [-0.15, -0.1) is 0 Å². The number of H-pyrrole nitrogens is 1. The van der Waals surface area contributed by atoms with Crippen LogP contribution in [0, 0.1) is 13.8 Å². The molecule has 0 radical (unpaired) electrons. The van der Waals surface area contributed by atoms with E-state index in [9.17, 15) is 0 Å². The first-order chi connectivity index (χ1) is 10.2. The van der Waals surface area contributed by atoms with E-state index in [4.69, 9.17) is 4.74 Å². The molecule has 2 aromatic heterocycles. The number of benzene rings is 1. The lowest BCUT2D eigenvalue weighted by Crippen LogP contribution is -2.04. The fraction of sp³-hybridized carbons (Fsp3) is 0.267. The largest absolute Gasteiger partial charge is 0.496 e. The maximum absolute atomic E-state index is 5.41. The number of fused-ring (bicyclic) bond motifs is 1. The van der Waals surface area contributed by atoms with E-state index in [1.165, 1.54) is 0 Å². The molecule has 0 atom stereocenters. The third kappa shape index (κ3) is 2.40. The normalized spacial score (nSPS) is 10.8. The first-order valence-electron chi connectivity index (χ1n) is 6.72. The van der Waals surface area contributed by atoms with Gasteiger partial charge in [-0.25, -0.2) is 9.97 Å². The van der Waals surface area contributed by atoms with Gasteiger partial charge in [-0.05, 0) is 31.5 Å². The van der Waals surface area contributed by atoms with Crippen molar-refractivity contribution in [3.05, 3.63) is 41.5 Å². The van der Waals surface area contributed by atoms with Crippen molar-refractivity contribution in [2.75, 3.05) is 12.4 Å². The molecule has 0 saturated heterocycles. The van der Waals surface area contributed by atoms with Crippen LogP contribution < -0.4 is 10.1 Å². The van der Waals surface area contributed by atoms with Crippen molar-refractivity contribution < 1.29 is 4.74 Å². The summed E-state index contributed by atoms with van der Waals surface area (Å²) >= 11 is 0. The minimum atomic E-state index is 0.598. The molecule has 0 fully saturated rings. The van der Waals surface area contributed by atoms with Crippen LogP contribution in [0.2, 0.25) is 0 Å². The van der Waals surface area contributed by atoms with Crippen molar-refractivity contribution in [2.24, 2.45) is 0 Å². The molecule has 0 saturated carbocycles. The number of anilines is 1. The molecule has 2 heterocycles. The summed E-state index contributed by atoms with van der Waals surface area (Å²) in [5.41, 5.74) is 4.07. The lowest BCUT2D eigenvalue weighted by atomic mass is 10.2. The molecule has 6 nitrogen and oxygen atoms in total. The lowest BCUT2D eigenvalue weighted by Gasteiger charge is -2.10. The van der Waals surface area contributed by atoms with E-state index in [0.29, 0.717) is 6.54 Å². The molecule has 3 rings (SSSR count). The minimum Gasteiger partial charge on any atom is -0.496 e. The molecule has 0 aliphatic rings. The summed E-state index contributed by atoms with van der Waals surface area (Å²) in [6.45, 7) is 4.66. The van der Waals surface area contributed by atoms with Crippen molar-refractivity contribution in [3.8, 4) is 5.75 Å². The highest BCUT2D eigenvalue weighted by Gasteiger charge is 2.11. The fourth-order valence-electron chi connectivity index (χ4n) is 2.26. The zero-order valence-electron chi connectivity index (χ0n) is 12.3. The summed E-state index contributed by atoms with van der Waals surface area (Å²) in [5, 5.41) is 11.5. The first-order valence-corrected chi connectivity index (χ1v) is 6.72. The van der Waals surface area contributed by atoms with Gasteiger partial charge in [-0.2, -0.15) is 5.10 Å². The van der Waals surface area contributed by atoms with Crippen LogP contribution in [0.3, 0.4) is 0 Å². The summed E-state index contributed by atoms with van der Waals surface area (Å²) in [7, 11) is 1.65. The fourth-order valence-corrected chi connectivity index (χ4v) is 2.26.